The number of hydrogen-bond acceptors (Lipinski definition) is 4. The highest BCUT2D eigenvalue weighted by atomic mass is 35.5. The molecule has 138 valence electrons. The van der Waals surface area contributed by atoms with Gasteiger partial charge in [0.2, 0.25) is 0 Å². The van der Waals surface area contributed by atoms with Gasteiger partial charge in [-0.25, -0.2) is 0 Å². The summed E-state index contributed by atoms with van der Waals surface area (Å²) < 4.78 is 5.88. The molecule has 0 radical (unpaired) electrons. The molecule has 7 heteroatoms. The van der Waals surface area contributed by atoms with Crippen LogP contribution in [0.4, 0.5) is 0 Å². The maximum atomic E-state index is 12.9. The second kappa shape index (κ2) is 7.68. The predicted octanol–water partition coefficient (Wildman–Crippen LogP) is 3.54. The van der Waals surface area contributed by atoms with Gasteiger partial charge in [0.15, 0.2) is 5.60 Å². The van der Waals surface area contributed by atoms with Crippen LogP contribution in [-0.4, -0.2) is 53.4 Å². The first-order valence-electron chi connectivity index (χ1n) is 8.42. The number of amides is 2. The summed E-state index contributed by atoms with van der Waals surface area (Å²) in [6, 6.07) is 8.83. The third-order valence-electron chi connectivity index (χ3n) is 4.31. The van der Waals surface area contributed by atoms with Gasteiger partial charge >= 0.3 is 0 Å². The summed E-state index contributed by atoms with van der Waals surface area (Å²) in [5.41, 5.74) is -0.302. The minimum atomic E-state index is -1.01. The van der Waals surface area contributed by atoms with Crippen molar-refractivity contribution in [1.29, 1.82) is 0 Å². The van der Waals surface area contributed by atoms with Crippen LogP contribution in [0.25, 0.3) is 0 Å². The minimum absolute atomic E-state index is 0.0211. The largest absolute Gasteiger partial charge is 0.478 e. The van der Waals surface area contributed by atoms with Crippen LogP contribution in [0.3, 0.4) is 0 Å². The smallest absolute Gasteiger partial charge is 0.266 e. The molecule has 0 spiro atoms. The molecule has 2 heterocycles. The lowest BCUT2D eigenvalue weighted by molar-refractivity contribution is -0.147. The van der Waals surface area contributed by atoms with Crippen LogP contribution in [0.2, 0.25) is 5.02 Å². The minimum Gasteiger partial charge on any atom is -0.478 e. The Morgan fingerprint density at radius 1 is 1.12 bits per heavy atom. The fraction of sp³-hybridized carbons (Fsp3) is 0.368. The van der Waals surface area contributed by atoms with Crippen LogP contribution in [0, 0.1) is 0 Å². The number of halogens is 1. The zero-order valence-electron chi connectivity index (χ0n) is 14.8. The molecule has 1 aliphatic heterocycles. The van der Waals surface area contributed by atoms with E-state index in [0.29, 0.717) is 42.5 Å². The fourth-order valence-corrected chi connectivity index (χ4v) is 3.74. The zero-order chi connectivity index (χ0) is 18.7. The predicted molar refractivity (Wildman–Crippen MR) is 103 cm³/mol. The van der Waals surface area contributed by atoms with E-state index >= 15 is 0 Å². The van der Waals surface area contributed by atoms with Gasteiger partial charge in [0.1, 0.15) is 5.75 Å². The van der Waals surface area contributed by atoms with E-state index in [1.54, 1.807) is 47.9 Å². The lowest BCUT2D eigenvalue weighted by Gasteiger charge is -2.38. The van der Waals surface area contributed by atoms with E-state index in [1.165, 1.54) is 11.3 Å². The molecule has 2 amide bonds. The van der Waals surface area contributed by atoms with Crippen molar-refractivity contribution in [2.45, 2.75) is 19.4 Å². The SMILES string of the molecule is CC(C)(Oc1cccc(Cl)c1)C(=O)N1CCN(C(=O)c2ccsc2)CC1. The highest BCUT2D eigenvalue weighted by molar-refractivity contribution is 7.08. The van der Waals surface area contributed by atoms with Crippen molar-refractivity contribution < 1.29 is 14.3 Å². The summed E-state index contributed by atoms with van der Waals surface area (Å²) in [5, 5.41) is 4.30. The normalized spacial score (nSPS) is 15.0. The molecule has 0 aliphatic carbocycles. The van der Waals surface area contributed by atoms with Gasteiger partial charge in [-0.1, -0.05) is 17.7 Å². The maximum Gasteiger partial charge on any atom is 0.266 e. The number of piperazine rings is 1. The molecule has 1 fully saturated rings. The van der Waals surface area contributed by atoms with E-state index in [-0.39, 0.29) is 11.8 Å². The number of carbonyl (C=O) groups is 2. The summed E-state index contributed by atoms with van der Waals surface area (Å²) in [4.78, 5) is 28.8. The molecular formula is C19H21ClN2O3S. The average Bonchev–Trinajstić information content (AvgIpc) is 3.15. The van der Waals surface area contributed by atoms with Crippen molar-refractivity contribution in [3.05, 3.63) is 51.7 Å². The third-order valence-corrected chi connectivity index (χ3v) is 5.22. The molecule has 3 rings (SSSR count). The van der Waals surface area contributed by atoms with Gasteiger partial charge in [-0.15, -0.1) is 0 Å². The van der Waals surface area contributed by atoms with Crippen LogP contribution in [0.5, 0.6) is 5.75 Å². The van der Waals surface area contributed by atoms with E-state index in [9.17, 15) is 9.59 Å². The van der Waals surface area contributed by atoms with Crippen LogP contribution >= 0.6 is 22.9 Å². The monoisotopic (exact) mass is 392 g/mol. The summed E-state index contributed by atoms with van der Waals surface area (Å²) in [5.74, 6) is 0.481. The van der Waals surface area contributed by atoms with E-state index in [2.05, 4.69) is 0 Å². The maximum absolute atomic E-state index is 12.9. The van der Waals surface area contributed by atoms with Crippen molar-refractivity contribution in [3.63, 3.8) is 0 Å². The van der Waals surface area contributed by atoms with Gasteiger partial charge < -0.3 is 14.5 Å². The molecule has 0 unspecified atom stereocenters. The second-order valence-electron chi connectivity index (χ2n) is 6.67. The highest BCUT2D eigenvalue weighted by Gasteiger charge is 2.36. The molecule has 5 nitrogen and oxygen atoms in total. The lowest BCUT2D eigenvalue weighted by atomic mass is 10.1. The molecular weight excluding hydrogens is 372 g/mol. The molecule has 0 saturated carbocycles. The van der Waals surface area contributed by atoms with Gasteiger partial charge in [-0.3, -0.25) is 9.59 Å². The molecule has 2 aromatic rings. The van der Waals surface area contributed by atoms with Gasteiger partial charge in [0.05, 0.1) is 5.56 Å². The summed E-state index contributed by atoms with van der Waals surface area (Å²) in [6.45, 7) is 5.54. The molecule has 0 N–H and O–H groups in total. The topological polar surface area (TPSA) is 49.9 Å². The van der Waals surface area contributed by atoms with Crippen molar-refractivity contribution >= 4 is 34.8 Å². The highest BCUT2D eigenvalue weighted by Crippen LogP contribution is 2.24. The van der Waals surface area contributed by atoms with E-state index in [0.717, 1.165) is 0 Å². The van der Waals surface area contributed by atoms with Gasteiger partial charge in [-0.05, 0) is 43.5 Å². The molecule has 1 saturated heterocycles. The first kappa shape index (κ1) is 18.7. The molecule has 0 atom stereocenters. The number of rotatable bonds is 4. The number of nitrogens with zero attached hydrogens (tertiary/aromatic N) is 2. The van der Waals surface area contributed by atoms with Crippen molar-refractivity contribution in [3.8, 4) is 5.75 Å². The van der Waals surface area contributed by atoms with Crippen LogP contribution in [-0.2, 0) is 4.79 Å². The number of thiophene rings is 1. The Morgan fingerprint density at radius 2 is 1.81 bits per heavy atom. The third kappa shape index (κ3) is 4.19. The summed E-state index contributed by atoms with van der Waals surface area (Å²) >= 11 is 7.48. The average molecular weight is 393 g/mol. The lowest BCUT2D eigenvalue weighted by Crippen LogP contribution is -2.56. The van der Waals surface area contributed by atoms with E-state index in [1.807, 2.05) is 16.8 Å². The van der Waals surface area contributed by atoms with E-state index in [4.69, 9.17) is 16.3 Å². The van der Waals surface area contributed by atoms with Crippen molar-refractivity contribution in [2.24, 2.45) is 0 Å². The Kier molecular flexibility index (Phi) is 5.53. The number of carbonyl (C=O) groups excluding carboxylic acids is 2. The second-order valence-corrected chi connectivity index (χ2v) is 7.88. The van der Waals surface area contributed by atoms with Crippen molar-refractivity contribution in [1.82, 2.24) is 9.80 Å². The molecule has 1 aliphatic rings. The zero-order valence-corrected chi connectivity index (χ0v) is 16.3. The standard InChI is InChI=1S/C19H21ClN2O3S/c1-19(2,25-16-5-3-4-15(20)12-16)18(24)22-9-7-21(8-10-22)17(23)14-6-11-26-13-14/h3-6,11-13H,7-10H2,1-2H3. The van der Waals surface area contributed by atoms with Gasteiger partial charge in [0, 0.05) is 36.6 Å². The first-order chi connectivity index (χ1) is 12.4. The van der Waals surface area contributed by atoms with Gasteiger partial charge in [-0.2, -0.15) is 11.3 Å². The Labute approximate surface area is 162 Å². The summed E-state index contributed by atoms with van der Waals surface area (Å²) in [6.07, 6.45) is 0. The molecule has 26 heavy (non-hydrogen) atoms. The summed E-state index contributed by atoms with van der Waals surface area (Å²) in [7, 11) is 0. The Morgan fingerprint density at radius 3 is 2.42 bits per heavy atom. The van der Waals surface area contributed by atoms with Crippen LogP contribution in [0.1, 0.15) is 24.2 Å². The first-order valence-corrected chi connectivity index (χ1v) is 9.74. The quantitative estimate of drug-likeness (QED) is 0.799. The molecule has 0 bridgehead atoms. The number of ether oxygens (including phenoxy) is 1. The van der Waals surface area contributed by atoms with Crippen LogP contribution < -0.4 is 4.74 Å². The van der Waals surface area contributed by atoms with Crippen LogP contribution in [0.15, 0.2) is 41.1 Å². The van der Waals surface area contributed by atoms with E-state index < -0.39 is 5.60 Å². The number of benzene rings is 1. The Hall–Kier alpha value is -2.05. The Bertz CT molecular complexity index is 784. The fourth-order valence-electron chi connectivity index (χ4n) is 2.93. The molecule has 1 aromatic carbocycles. The molecule has 1 aromatic heterocycles. The number of hydrogen-bond donors (Lipinski definition) is 0. The van der Waals surface area contributed by atoms with Crippen molar-refractivity contribution in [2.75, 3.05) is 26.2 Å². The van der Waals surface area contributed by atoms with Gasteiger partial charge in [0.25, 0.3) is 11.8 Å². The Balaban J connectivity index is 1.59.